The molecule has 1 N–H and O–H groups in total. The summed E-state index contributed by atoms with van der Waals surface area (Å²) >= 11 is 1.51. The molecule has 0 atom stereocenters. The van der Waals surface area contributed by atoms with Crippen LogP contribution in [0.25, 0.3) is 11.2 Å². The zero-order valence-electron chi connectivity index (χ0n) is 10.2. The van der Waals surface area contributed by atoms with Crippen LogP contribution in [0, 0.1) is 10.1 Å². The Morgan fingerprint density at radius 2 is 2.10 bits per heavy atom. The topological polar surface area (TPSA) is 97.6 Å². The molecule has 0 unspecified atom stereocenters. The molecule has 0 aliphatic rings. The van der Waals surface area contributed by atoms with Gasteiger partial charge in [-0.15, -0.1) is 0 Å². The SMILES string of the molecule is O=[N+]([O-])c1ccc(CSc2nc3ncncc3[nH]2)cc1. The highest BCUT2D eigenvalue weighted by molar-refractivity contribution is 7.98. The van der Waals surface area contributed by atoms with Crippen molar-refractivity contribution in [2.75, 3.05) is 0 Å². The Kier molecular flexibility index (Phi) is 3.30. The van der Waals surface area contributed by atoms with E-state index in [4.69, 9.17) is 0 Å². The average Bonchev–Trinajstić information content (AvgIpc) is 2.88. The summed E-state index contributed by atoms with van der Waals surface area (Å²) in [6.07, 6.45) is 3.12. The Labute approximate surface area is 117 Å². The van der Waals surface area contributed by atoms with Crippen LogP contribution in [0.4, 0.5) is 5.69 Å². The molecule has 0 saturated carbocycles. The molecule has 2 heterocycles. The van der Waals surface area contributed by atoms with Crippen LogP contribution in [0.2, 0.25) is 0 Å². The number of thioether (sulfide) groups is 1. The van der Waals surface area contributed by atoms with Gasteiger partial charge in [0, 0.05) is 17.9 Å². The number of hydrogen-bond acceptors (Lipinski definition) is 6. The third kappa shape index (κ3) is 2.59. The minimum Gasteiger partial charge on any atom is -0.330 e. The van der Waals surface area contributed by atoms with Gasteiger partial charge in [0.25, 0.3) is 5.69 Å². The van der Waals surface area contributed by atoms with Gasteiger partial charge in [0.1, 0.15) is 11.8 Å². The van der Waals surface area contributed by atoms with Gasteiger partial charge in [0.2, 0.25) is 0 Å². The first kappa shape index (κ1) is 12.5. The van der Waals surface area contributed by atoms with Crippen molar-refractivity contribution in [3.8, 4) is 0 Å². The fourth-order valence-electron chi connectivity index (χ4n) is 1.67. The number of imidazole rings is 1. The third-order valence-electron chi connectivity index (χ3n) is 2.66. The van der Waals surface area contributed by atoms with Gasteiger partial charge in [-0.2, -0.15) is 0 Å². The predicted molar refractivity (Wildman–Crippen MR) is 74.3 cm³/mol. The van der Waals surface area contributed by atoms with E-state index in [9.17, 15) is 10.1 Å². The molecule has 0 saturated heterocycles. The van der Waals surface area contributed by atoms with Gasteiger partial charge in [-0.25, -0.2) is 15.0 Å². The van der Waals surface area contributed by atoms with E-state index in [-0.39, 0.29) is 5.69 Å². The maximum absolute atomic E-state index is 10.6. The van der Waals surface area contributed by atoms with Crippen molar-refractivity contribution in [3.05, 3.63) is 52.5 Å². The van der Waals surface area contributed by atoms with Crippen molar-refractivity contribution in [1.29, 1.82) is 0 Å². The Morgan fingerprint density at radius 1 is 1.30 bits per heavy atom. The van der Waals surface area contributed by atoms with Gasteiger partial charge < -0.3 is 4.98 Å². The Morgan fingerprint density at radius 3 is 2.80 bits per heavy atom. The van der Waals surface area contributed by atoms with Crippen LogP contribution >= 0.6 is 11.8 Å². The summed E-state index contributed by atoms with van der Waals surface area (Å²) < 4.78 is 0. The smallest absolute Gasteiger partial charge is 0.269 e. The summed E-state index contributed by atoms with van der Waals surface area (Å²) in [5, 5.41) is 11.3. The van der Waals surface area contributed by atoms with Crippen molar-refractivity contribution < 1.29 is 4.92 Å². The normalized spacial score (nSPS) is 10.8. The highest BCUT2D eigenvalue weighted by Crippen LogP contribution is 2.23. The van der Waals surface area contributed by atoms with Crippen molar-refractivity contribution >= 4 is 28.6 Å². The largest absolute Gasteiger partial charge is 0.330 e. The molecule has 2 aromatic heterocycles. The number of nitro groups is 1. The molecular formula is C12H9N5O2S. The number of fused-ring (bicyclic) bond motifs is 1. The van der Waals surface area contributed by atoms with Gasteiger partial charge in [0.05, 0.1) is 11.1 Å². The van der Waals surface area contributed by atoms with E-state index < -0.39 is 4.92 Å². The Balaban J connectivity index is 1.71. The fourth-order valence-corrected chi connectivity index (χ4v) is 2.50. The zero-order valence-corrected chi connectivity index (χ0v) is 11.0. The average molecular weight is 287 g/mol. The summed E-state index contributed by atoms with van der Waals surface area (Å²) in [4.78, 5) is 25.6. The molecule has 8 heteroatoms. The number of H-pyrrole nitrogens is 1. The van der Waals surface area contributed by atoms with Gasteiger partial charge >= 0.3 is 0 Å². The summed E-state index contributed by atoms with van der Waals surface area (Å²) in [5.41, 5.74) is 2.51. The summed E-state index contributed by atoms with van der Waals surface area (Å²) in [6, 6.07) is 6.49. The quantitative estimate of drug-likeness (QED) is 0.450. The minimum absolute atomic E-state index is 0.0951. The first-order valence-electron chi connectivity index (χ1n) is 5.74. The molecule has 1 aromatic carbocycles. The number of non-ortho nitro benzene ring substituents is 1. The third-order valence-corrected chi connectivity index (χ3v) is 3.61. The second-order valence-electron chi connectivity index (χ2n) is 4.01. The van der Waals surface area contributed by atoms with Gasteiger partial charge in [-0.1, -0.05) is 23.9 Å². The van der Waals surface area contributed by atoms with Crippen LogP contribution < -0.4 is 0 Å². The van der Waals surface area contributed by atoms with Crippen LogP contribution in [0.3, 0.4) is 0 Å². The first-order chi connectivity index (χ1) is 9.72. The lowest BCUT2D eigenvalue weighted by molar-refractivity contribution is -0.384. The van der Waals surface area contributed by atoms with E-state index in [0.717, 1.165) is 16.2 Å². The molecular weight excluding hydrogens is 278 g/mol. The van der Waals surface area contributed by atoms with Gasteiger partial charge in [0.15, 0.2) is 10.8 Å². The maximum Gasteiger partial charge on any atom is 0.269 e. The highest BCUT2D eigenvalue weighted by atomic mass is 32.2. The van der Waals surface area contributed by atoms with Crippen molar-refractivity contribution in [2.24, 2.45) is 0 Å². The molecule has 0 bridgehead atoms. The number of rotatable bonds is 4. The minimum atomic E-state index is -0.408. The fraction of sp³-hybridized carbons (Fsp3) is 0.0833. The van der Waals surface area contributed by atoms with Crippen molar-refractivity contribution in [2.45, 2.75) is 10.9 Å². The lowest BCUT2D eigenvalue weighted by Crippen LogP contribution is -1.88. The Bertz CT molecular complexity index is 723. The number of aromatic amines is 1. The summed E-state index contributed by atoms with van der Waals surface area (Å²) in [6.45, 7) is 0. The van der Waals surface area contributed by atoms with Crippen LogP contribution in [0.1, 0.15) is 5.56 Å². The number of nitro benzene ring substituents is 1. The van der Waals surface area contributed by atoms with Crippen LogP contribution in [0.5, 0.6) is 0 Å². The molecule has 0 aliphatic heterocycles. The maximum atomic E-state index is 10.6. The van der Waals surface area contributed by atoms with E-state index in [1.165, 1.54) is 30.2 Å². The lowest BCUT2D eigenvalue weighted by Gasteiger charge is -1.98. The number of nitrogens with one attached hydrogen (secondary N) is 1. The first-order valence-corrected chi connectivity index (χ1v) is 6.73. The number of aromatic nitrogens is 4. The van der Waals surface area contributed by atoms with Gasteiger partial charge in [-0.3, -0.25) is 10.1 Å². The number of hydrogen-bond donors (Lipinski definition) is 1. The molecule has 20 heavy (non-hydrogen) atoms. The zero-order chi connectivity index (χ0) is 13.9. The van der Waals surface area contributed by atoms with Crippen molar-refractivity contribution in [3.63, 3.8) is 0 Å². The van der Waals surface area contributed by atoms with E-state index in [0.29, 0.717) is 11.4 Å². The van der Waals surface area contributed by atoms with Crippen LogP contribution in [-0.2, 0) is 5.75 Å². The second-order valence-corrected chi connectivity index (χ2v) is 4.98. The molecule has 0 fully saturated rings. The Hall–Kier alpha value is -2.48. The lowest BCUT2D eigenvalue weighted by atomic mass is 10.2. The molecule has 0 aliphatic carbocycles. The van der Waals surface area contributed by atoms with E-state index in [1.807, 2.05) is 0 Å². The van der Waals surface area contributed by atoms with Crippen LogP contribution in [0.15, 0.2) is 41.9 Å². The molecule has 0 radical (unpaired) electrons. The molecule has 100 valence electrons. The molecule has 0 spiro atoms. The summed E-state index contributed by atoms with van der Waals surface area (Å²) in [7, 11) is 0. The van der Waals surface area contributed by atoms with Crippen molar-refractivity contribution in [1.82, 2.24) is 19.9 Å². The van der Waals surface area contributed by atoms with Crippen LogP contribution in [-0.4, -0.2) is 24.9 Å². The highest BCUT2D eigenvalue weighted by Gasteiger charge is 2.06. The standard InChI is InChI=1S/C12H9N5O2S/c18-17(19)9-3-1-8(2-4-9)6-20-12-15-10-5-13-7-14-11(10)16-12/h1-5,7H,6H2,(H,13,14,15,16). The number of nitrogens with zero attached hydrogens (tertiary/aromatic N) is 4. The molecule has 7 nitrogen and oxygen atoms in total. The summed E-state index contributed by atoms with van der Waals surface area (Å²) in [5.74, 6) is 0.672. The second kappa shape index (κ2) is 5.25. The van der Waals surface area contributed by atoms with E-state index in [2.05, 4.69) is 19.9 Å². The molecule has 0 amide bonds. The molecule has 3 aromatic rings. The van der Waals surface area contributed by atoms with E-state index >= 15 is 0 Å². The molecule has 3 rings (SSSR count). The van der Waals surface area contributed by atoms with E-state index in [1.54, 1.807) is 18.3 Å². The number of benzene rings is 1. The van der Waals surface area contributed by atoms with Gasteiger partial charge in [-0.05, 0) is 5.56 Å². The monoisotopic (exact) mass is 287 g/mol. The predicted octanol–water partition coefficient (Wildman–Crippen LogP) is 2.55.